The van der Waals surface area contributed by atoms with Gasteiger partial charge in [-0.25, -0.2) is 0 Å². The minimum Gasteiger partial charge on any atom is -0.461 e. The Morgan fingerprint density at radius 3 is 2.21 bits per heavy atom. The topological polar surface area (TPSA) is 92.7 Å². The third-order valence-electron chi connectivity index (χ3n) is 11.9. The Bertz CT molecular complexity index is 1200. The lowest BCUT2D eigenvalue weighted by Gasteiger charge is -2.51. The van der Waals surface area contributed by atoms with Gasteiger partial charge in [-0.15, -0.1) is 0 Å². The van der Waals surface area contributed by atoms with Gasteiger partial charge in [0.2, 0.25) is 0 Å². The van der Waals surface area contributed by atoms with Crippen LogP contribution in [0.5, 0.6) is 0 Å². The highest BCUT2D eigenvalue weighted by atomic mass is 28.4. The van der Waals surface area contributed by atoms with Crippen molar-refractivity contribution in [3.63, 3.8) is 0 Å². The first-order valence-corrected chi connectivity index (χ1v) is 24.1. The first-order valence-electron chi connectivity index (χ1n) is 18.3. The van der Waals surface area contributed by atoms with Gasteiger partial charge in [0.15, 0.2) is 22.4 Å². The monoisotopic (exact) mass is 706 g/mol. The minimum absolute atomic E-state index is 0.0103. The van der Waals surface area contributed by atoms with Crippen molar-refractivity contribution in [1.29, 1.82) is 0 Å². The Kier molecular flexibility index (Phi) is 12.6. The number of hydrogen-bond donors (Lipinski definition) is 1. The van der Waals surface area contributed by atoms with E-state index in [1.807, 2.05) is 37.3 Å². The maximum atomic E-state index is 12.8. The number of benzene rings is 1. The normalized spacial score (nSPS) is 32.2. The summed E-state index contributed by atoms with van der Waals surface area (Å²) in [4.78, 5) is 12.8. The van der Waals surface area contributed by atoms with Crippen LogP contribution in [0.3, 0.4) is 0 Å². The molecule has 274 valence electrons. The first kappa shape index (κ1) is 39.7. The number of esters is 1. The summed E-state index contributed by atoms with van der Waals surface area (Å²) in [5.74, 6) is -1.11. The summed E-state index contributed by atoms with van der Waals surface area (Å²) in [5.41, 5.74) is 0.924. The summed E-state index contributed by atoms with van der Waals surface area (Å²) in [7, 11) is -3.94. The molecule has 1 spiro atoms. The van der Waals surface area contributed by atoms with Crippen LogP contribution in [0.25, 0.3) is 0 Å². The van der Waals surface area contributed by atoms with Crippen LogP contribution in [0.2, 0.25) is 36.3 Å². The Morgan fingerprint density at radius 2 is 1.58 bits per heavy atom. The van der Waals surface area contributed by atoms with E-state index in [4.69, 9.17) is 27.8 Å². The first-order chi connectivity index (χ1) is 22.1. The fraction of sp³-hybridized carbons (Fsp3) is 0.816. The van der Waals surface area contributed by atoms with E-state index in [2.05, 4.69) is 74.7 Å². The number of fused-ring (bicyclic) bond motifs is 1. The van der Waals surface area contributed by atoms with Gasteiger partial charge in [-0.1, -0.05) is 85.7 Å². The minimum atomic E-state index is -2.01. The van der Waals surface area contributed by atoms with Crippen LogP contribution in [-0.2, 0) is 39.2 Å². The molecule has 3 saturated heterocycles. The van der Waals surface area contributed by atoms with Gasteiger partial charge in [-0.05, 0) is 66.5 Å². The van der Waals surface area contributed by atoms with E-state index in [1.54, 1.807) is 0 Å². The highest BCUT2D eigenvalue weighted by Crippen LogP contribution is 2.48. The summed E-state index contributed by atoms with van der Waals surface area (Å²) in [6.07, 6.45) is 2.27. The van der Waals surface area contributed by atoms with Gasteiger partial charge >= 0.3 is 5.97 Å². The van der Waals surface area contributed by atoms with Crippen LogP contribution in [0.15, 0.2) is 30.3 Å². The molecule has 0 aromatic heterocycles. The molecule has 4 rings (SSSR count). The molecular weight excluding hydrogens is 641 g/mol. The van der Waals surface area contributed by atoms with E-state index >= 15 is 0 Å². The number of ether oxygens (including phenoxy) is 4. The van der Waals surface area contributed by atoms with Crippen molar-refractivity contribution in [2.24, 2.45) is 11.8 Å². The molecule has 9 atom stereocenters. The molecule has 3 heterocycles. The Morgan fingerprint density at radius 1 is 0.958 bits per heavy atom. The zero-order valence-electron chi connectivity index (χ0n) is 32.0. The molecule has 0 radical (unpaired) electrons. The highest BCUT2D eigenvalue weighted by molar-refractivity contribution is 6.74. The molecule has 48 heavy (non-hydrogen) atoms. The Labute approximate surface area is 293 Å². The molecule has 10 heteroatoms. The molecular formula is C38H66O8Si2. The predicted molar refractivity (Wildman–Crippen MR) is 195 cm³/mol. The van der Waals surface area contributed by atoms with Gasteiger partial charge in [-0.2, -0.15) is 0 Å². The van der Waals surface area contributed by atoms with Gasteiger partial charge in [0.05, 0.1) is 49.7 Å². The maximum Gasteiger partial charge on any atom is 0.308 e. The lowest BCUT2D eigenvalue weighted by atomic mass is 9.80. The van der Waals surface area contributed by atoms with Crippen molar-refractivity contribution in [1.82, 2.24) is 0 Å². The zero-order chi connectivity index (χ0) is 35.7. The molecule has 1 aromatic carbocycles. The van der Waals surface area contributed by atoms with Crippen LogP contribution < -0.4 is 0 Å². The highest BCUT2D eigenvalue weighted by Gasteiger charge is 2.55. The second-order valence-corrected chi connectivity index (χ2v) is 27.6. The van der Waals surface area contributed by atoms with Gasteiger partial charge in [0, 0.05) is 19.3 Å². The SMILES string of the molecule is C[C@H]1C[C@@]2(C[C@H](C)[C@H](O)[C@H](CC(=O)OCc3ccccc3)O2)OC2CC(CC[C@H](CO[Si](C)(C)C(C)(C)C)O[Si](C)(C)C(C)(C)C)OC21. The quantitative estimate of drug-likeness (QED) is 0.171. The average molecular weight is 707 g/mol. The predicted octanol–water partition coefficient (Wildman–Crippen LogP) is 8.38. The van der Waals surface area contributed by atoms with Crippen molar-refractivity contribution < 1.29 is 37.7 Å². The second kappa shape index (κ2) is 15.2. The molecule has 0 aliphatic carbocycles. The second-order valence-electron chi connectivity index (χ2n) is 18.0. The molecule has 3 aliphatic rings. The molecule has 3 fully saturated rings. The number of carbonyl (C=O) groups is 1. The number of aliphatic hydroxyl groups excluding tert-OH is 1. The van der Waals surface area contributed by atoms with E-state index in [1.165, 1.54) is 0 Å². The van der Waals surface area contributed by atoms with E-state index < -0.39 is 34.6 Å². The maximum absolute atomic E-state index is 12.8. The lowest BCUT2D eigenvalue weighted by Crippen LogP contribution is -2.59. The Balaban J connectivity index is 1.38. The number of hydrogen-bond acceptors (Lipinski definition) is 8. The fourth-order valence-electron chi connectivity index (χ4n) is 6.85. The fourth-order valence-corrected chi connectivity index (χ4v) is 9.26. The van der Waals surface area contributed by atoms with Crippen molar-refractivity contribution >= 4 is 22.6 Å². The van der Waals surface area contributed by atoms with Gasteiger partial charge in [-0.3, -0.25) is 4.79 Å². The van der Waals surface area contributed by atoms with Crippen LogP contribution in [-0.4, -0.2) is 76.7 Å². The van der Waals surface area contributed by atoms with Crippen LogP contribution >= 0.6 is 0 Å². The lowest BCUT2D eigenvalue weighted by molar-refractivity contribution is -0.352. The Hall–Kier alpha value is -1.12. The summed E-state index contributed by atoms with van der Waals surface area (Å²) >= 11 is 0. The standard InChI is InChI=1S/C38H66O8Si2/c1-26-22-38(44-31(34(26)40)21-33(39)41-24-28-16-14-13-15-17-28)23-27(2)35-32(45-38)20-29(43-35)18-19-30(46-48(11,12)37(6,7)8)25-42-47(9,10)36(3,4)5/h13-17,26-27,29-32,34-35,40H,18-25H2,1-12H3/t26-,27-,29?,30+,31-,32?,34-,35?,38+/m0/s1. The molecule has 0 saturated carbocycles. The van der Waals surface area contributed by atoms with E-state index in [9.17, 15) is 9.90 Å². The van der Waals surface area contributed by atoms with Crippen molar-refractivity contribution in [3.8, 4) is 0 Å². The molecule has 1 N–H and O–H groups in total. The number of aliphatic hydroxyl groups is 1. The number of carbonyl (C=O) groups excluding carboxylic acids is 1. The van der Waals surface area contributed by atoms with E-state index in [-0.39, 0.29) is 65.3 Å². The van der Waals surface area contributed by atoms with Crippen molar-refractivity contribution in [2.75, 3.05) is 6.61 Å². The third kappa shape index (κ3) is 9.81. The van der Waals surface area contributed by atoms with Crippen LogP contribution in [0.1, 0.15) is 99.5 Å². The summed E-state index contributed by atoms with van der Waals surface area (Å²) < 4.78 is 39.3. The number of rotatable bonds is 12. The molecule has 0 amide bonds. The molecule has 3 aliphatic heterocycles. The molecule has 0 bridgehead atoms. The third-order valence-corrected chi connectivity index (χ3v) is 20.9. The molecule has 8 nitrogen and oxygen atoms in total. The van der Waals surface area contributed by atoms with Gasteiger partial charge in [0.1, 0.15) is 6.61 Å². The van der Waals surface area contributed by atoms with Crippen LogP contribution in [0, 0.1) is 11.8 Å². The average Bonchev–Trinajstić information content (AvgIpc) is 3.38. The van der Waals surface area contributed by atoms with Crippen LogP contribution in [0.4, 0.5) is 0 Å². The summed E-state index contributed by atoms with van der Waals surface area (Å²) in [6, 6.07) is 9.61. The van der Waals surface area contributed by atoms with E-state index in [0.29, 0.717) is 19.4 Å². The summed E-state index contributed by atoms with van der Waals surface area (Å²) in [5, 5.41) is 11.3. The van der Waals surface area contributed by atoms with Gasteiger partial charge in [0.25, 0.3) is 0 Å². The van der Waals surface area contributed by atoms with E-state index in [0.717, 1.165) is 24.8 Å². The molecule has 3 unspecified atom stereocenters. The van der Waals surface area contributed by atoms with Gasteiger partial charge < -0.3 is 32.9 Å². The summed E-state index contributed by atoms with van der Waals surface area (Å²) in [6.45, 7) is 28.0. The zero-order valence-corrected chi connectivity index (χ0v) is 34.0. The smallest absolute Gasteiger partial charge is 0.308 e. The van der Waals surface area contributed by atoms with Crippen molar-refractivity contribution in [3.05, 3.63) is 35.9 Å². The molecule has 1 aromatic rings. The van der Waals surface area contributed by atoms with Crippen molar-refractivity contribution in [2.45, 2.75) is 179 Å². The largest absolute Gasteiger partial charge is 0.461 e.